The third kappa shape index (κ3) is 3.73. The molecule has 0 radical (unpaired) electrons. The highest BCUT2D eigenvalue weighted by Crippen LogP contribution is 2.23. The zero-order valence-electron chi connectivity index (χ0n) is 11.8. The van der Waals surface area contributed by atoms with Crippen LogP contribution in [0.15, 0.2) is 18.2 Å². The van der Waals surface area contributed by atoms with Crippen LogP contribution in [-0.4, -0.2) is 43.2 Å². The Morgan fingerprint density at radius 2 is 2.24 bits per heavy atom. The fraction of sp³-hybridized carbons (Fsp3) is 0.538. The number of nitrogens with zero attached hydrogens (tertiary/aromatic N) is 2. The van der Waals surface area contributed by atoms with Gasteiger partial charge in [0, 0.05) is 43.3 Å². The molecule has 0 amide bonds. The second kappa shape index (κ2) is 6.58. The lowest BCUT2D eigenvalue weighted by Gasteiger charge is -2.33. The fourth-order valence-electron chi connectivity index (χ4n) is 2.37. The third-order valence-corrected chi connectivity index (χ3v) is 5.84. The van der Waals surface area contributed by atoms with Gasteiger partial charge in [-0.05, 0) is 25.0 Å². The van der Waals surface area contributed by atoms with E-state index in [2.05, 4.69) is 0 Å². The second-order valence-corrected chi connectivity index (χ2v) is 7.67. The summed E-state index contributed by atoms with van der Waals surface area (Å²) in [6.45, 7) is 0.614. The van der Waals surface area contributed by atoms with Crippen molar-refractivity contribution >= 4 is 21.8 Å². The monoisotopic (exact) mass is 335 g/mol. The average molecular weight is 336 g/mol. The number of rotatable bonds is 4. The summed E-state index contributed by atoms with van der Waals surface area (Å²) >= 11 is 5.94. The average Bonchev–Trinajstić information content (AvgIpc) is 2.42. The summed E-state index contributed by atoms with van der Waals surface area (Å²) in [6, 6.07) is 4.13. The van der Waals surface area contributed by atoms with Gasteiger partial charge in [0.25, 0.3) is 10.2 Å². The molecule has 0 unspecified atom stereocenters. The minimum absolute atomic E-state index is 0.112. The van der Waals surface area contributed by atoms with Crippen molar-refractivity contribution in [2.45, 2.75) is 25.4 Å². The molecule has 1 saturated heterocycles. The summed E-state index contributed by atoms with van der Waals surface area (Å²) in [5.41, 5.74) is 5.99. The Morgan fingerprint density at radius 3 is 2.86 bits per heavy atom. The van der Waals surface area contributed by atoms with Crippen molar-refractivity contribution in [3.63, 3.8) is 0 Å². The maximum absolute atomic E-state index is 13.8. The van der Waals surface area contributed by atoms with E-state index in [1.807, 2.05) is 0 Å². The molecular weight excluding hydrogens is 317 g/mol. The largest absolute Gasteiger partial charge is 0.327 e. The molecule has 2 rings (SSSR count). The fourth-order valence-corrected chi connectivity index (χ4v) is 4.02. The van der Waals surface area contributed by atoms with E-state index in [1.54, 1.807) is 0 Å². The van der Waals surface area contributed by atoms with Crippen LogP contribution in [0.1, 0.15) is 18.4 Å². The van der Waals surface area contributed by atoms with Crippen molar-refractivity contribution in [2.24, 2.45) is 5.73 Å². The standard InChI is InChI=1S/C13H19ClFN3O2S/c1-17(9-11-12(14)5-2-6-13(11)15)21(19,20)18-7-3-4-10(16)8-18/h2,5-6,10H,3-4,7-9,16H2,1H3/t10-/m1/s1. The third-order valence-electron chi connectivity index (χ3n) is 3.58. The molecule has 1 aromatic rings. The Hall–Kier alpha value is -0.730. The van der Waals surface area contributed by atoms with E-state index in [0.717, 1.165) is 17.1 Å². The van der Waals surface area contributed by atoms with Crippen LogP contribution in [0.5, 0.6) is 0 Å². The van der Waals surface area contributed by atoms with Crippen LogP contribution in [0.2, 0.25) is 5.02 Å². The van der Waals surface area contributed by atoms with E-state index in [-0.39, 0.29) is 29.7 Å². The van der Waals surface area contributed by atoms with Crippen molar-refractivity contribution < 1.29 is 12.8 Å². The van der Waals surface area contributed by atoms with Gasteiger partial charge < -0.3 is 5.73 Å². The number of benzene rings is 1. The predicted molar refractivity (Wildman–Crippen MR) is 80.6 cm³/mol. The quantitative estimate of drug-likeness (QED) is 0.908. The van der Waals surface area contributed by atoms with Crippen LogP contribution in [0.25, 0.3) is 0 Å². The van der Waals surface area contributed by atoms with Crippen molar-refractivity contribution in [3.8, 4) is 0 Å². The molecule has 5 nitrogen and oxygen atoms in total. The summed E-state index contributed by atoms with van der Waals surface area (Å²) in [4.78, 5) is 0. The Balaban J connectivity index is 2.17. The molecule has 1 aromatic carbocycles. The van der Waals surface area contributed by atoms with Crippen LogP contribution in [0.3, 0.4) is 0 Å². The summed E-state index contributed by atoms with van der Waals surface area (Å²) in [5.74, 6) is -0.514. The minimum atomic E-state index is -3.67. The lowest BCUT2D eigenvalue weighted by atomic mass is 10.1. The lowest BCUT2D eigenvalue weighted by molar-refractivity contribution is 0.291. The van der Waals surface area contributed by atoms with Gasteiger partial charge in [-0.3, -0.25) is 0 Å². The summed E-state index contributed by atoms with van der Waals surface area (Å²) in [7, 11) is -2.25. The Morgan fingerprint density at radius 1 is 1.52 bits per heavy atom. The first-order valence-corrected chi connectivity index (χ1v) is 8.49. The minimum Gasteiger partial charge on any atom is -0.327 e. The van der Waals surface area contributed by atoms with Gasteiger partial charge in [-0.2, -0.15) is 17.0 Å². The Kier molecular flexibility index (Phi) is 5.21. The molecule has 8 heteroatoms. The van der Waals surface area contributed by atoms with Gasteiger partial charge in [-0.25, -0.2) is 4.39 Å². The highest BCUT2D eigenvalue weighted by molar-refractivity contribution is 7.86. The molecule has 118 valence electrons. The number of nitrogens with two attached hydrogens (primary N) is 1. The molecule has 0 spiro atoms. The molecule has 1 aliphatic rings. The van der Waals surface area contributed by atoms with E-state index in [9.17, 15) is 12.8 Å². The first-order chi connectivity index (χ1) is 9.82. The second-order valence-electron chi connectivity index (χ2n) is 5.22. The molecule has 1 atom stereocenters. The number of hydrogen-bond acceptors (Lipinski definition) is 3. The molecule has 1 heterocycles. The molecule has 21 heavy (non-hydrogen) atoms. The van der Waals surface area contributed by atoms with Crippen LogP contribution >= 0.6 is 11.6 Å². The topological polar surface area (TPSA) is 66.6 Å². The van der Waals surface area contributed by atoms with Gasteiger partial charge in [0.15, 0.2) is 0 Å². The van der Waals surface area contributed by atoms with Crippen LogP contribution in [0.4, 0.5) is 4.39 Å². The van der Waals surface area contributed by atoms with Crippen LogP contribution in [-0.2, 0) is 16.8 Å². The lowest BCUT2D eigenvalue weighted by Crippen LogP contribution is -2.50. The van der Waals surface area contributed by atoms with Gasteiger partial charge in [0.2, 0.25) is 0 Å². The predicted octanol–water partition coefficient (Wildman–Crippen LogP) is 1.58. The van der Waals surface area contributed by atoms with Crippen molar-refractivity contribution in [2.75, 3.05) is 20.1 Å². The van der Waals surface area contributed by atoms with Gasteiger partial charge in [0.05, 0.1) is 0 Å². The number of halogens is 2. The van der Waals surface area contributed by atoms with E-state index in [4.69, 9.17) is 17.3 Å². The molecule has 0 bridgehead atoms. The summed E-state index contributed by atoms with van der Waals surface area (Å²) in [5, 5.41) is 0.215. The van der Waals surface area contributed by atoms with E-state index in [1.165, 1.54) is 29.6 Å². The van der Waals surface area contributed by atoms with Crippen molar-refractivity contribution in [1.82, 2.24) is 8.61 Å². The highest BCUT2D eigenvalue weighted by Gasteiger charge is 2.31. The Labute approximate surface area is 129 Å². The maximum atomic E-state index is 13.8. The van der Waals surface area contributed by atoms with Gasteiger partial charge >= 0.3 is 0 Å². The van der Waals surface area contributed by atoms with E-state index in [0.29, 0.717) is 6.54 Å². The van der Waals surface area contributed by atoms with Crippen LogP contribution in [0, 0.1) is 5.82 Å². The van der Waals surface area contributed by atoms with Crippen molar-refractivity contribution in [3.05, 3.63) is 34.6 Å². The number of piperidine rings is 1. The zero-order valence-corrected chi connectivity index (χ0v) is 13.4. The van der Waals surface area contributed by atoms with Gasteiger partial charge in [-0.15, -0.1) is 0 Å². The smallest absolute Gasteiger partial charge is 0.282 e. The van der Waals surface area contributed by atoms with Gasteiger partial charge in [-0.1, -0.05) is 17.7 Å². The maximum Gasteiger partial charge on any atom is 0.282 e. The highest BCUT2D eigenvalue weighted by atomic mass is 35.5. The first kappa shape index (κ1) is 16.6. The van der Waals surface area contributed by atoms with Crippen molar-refractivity contribution in [1.29, 1.82) is 0 Å². The Bertz CT molecular complexity index is 591. The molecule has 1 fully saturated rings. The molecule has 2 N–H and O–H groups in total. The normalized spacial score (nSPS) is 20.9. The summed E-state index contributed by atoms with van der Waals surface area (Å²) < 4.78 is 41.2. The molecule has 0 aliphatic carbocycles. The van der Waals surface area contributed by atoms with Crippen LogP contribution < -0.4 is 5.73 Å². The molecule has 0 aromatic heterocycles. The molecular formula is C13H19ClFN3O2S. The van der Waals surface area contributed by atoms with E-state index < -0.39 is 16.0 Å². The summed E-state index contributed by atoms with van der Waals surface area (Å²) in [6.07, 6.45) is 1.55. The zero-order chi connectivity index (χ0) is 15.6. The first-order valence-electron chi connectivity index (χ1n) is 6.72. The number of hydrogen-bond donors (Lipinski definition) is 1. The SMILES string of the molecule is CN(Cc1c(F)cccc1Cl)S(=O)(=O)N1CCC[C@@H](N)C1. The van der Waals surface area contributed by atoms with Gasteiger partial charge in [0.1, 0.15) is 5.82 Å². The molecule has 1 aliphatic heterocycles. The molecule has 0 saturated carbocycles. The van der Waals surface area contributed by atoms with E-state index >= 15 is 0 Å².